The van der Waals surface area contributed by atoms with Crippen LogP contribution in [-0.4, -0.2) is 16.0 Å². The van der Waals surface area contributed by atoms with Crippen LogP contribution in [0.3, 0.4) is 0 Å². The van der Waals surface area contributed by atoms with Crippen LogP contribution in [0.4, 0.5) is 0 Å². The number of hydrogen-bond donors (Lipinski definition) is 2. The first-order valence-corrected chi connectivity index (χ1v) is 6.73. The highest BCUT2D eigenvalue weighted by molar-refractivity contribution is 6.36. The van der Waals surface area contributed by atoms with Crippen molar-refractivity contribution in [3.05, 3.63) is 33.8 Å². The molecule has 1 fully saturated rings. The average Bonchev–Trinajstić information content (AvgIpc) is 2.38. The minimum absolute atomic E-state index is 0.207. The van der Waals surface area contributed by atoms with Crippen LogP contribution in [0.15, 0.2) is 23.4 Å². The van der Waals surface area contributed by atoms with Gasteiger partial charge in [-0.2, -0.15) is 0 Å². The van der Waals surface area contributed by atoms with E-state index in [0.717, 1.165) is 19.3 Å². The van der Waals surface area contributed by atoms with Crippen molar-refractivity contribution in [2.24, 2.45) is 11.1 Å². The lowest BCUT2D eigenvalue weighted by Gasteiger charge is -2.28. The number of benzene rings is 1. The molecule has 1 aliphatic rings. The van der Waals surface area contributed by atoms with Gasteiger partial charge in [-0.3, -0.25) is 0 Å². The topological polar surface area (TPSA) is 52.8 Å². The van der Waals surface area contributed by atoms with Gasteiger partial charge in [-0.15, -0.1) is 0 Å². The Morgan fingerprint density at radius 2 is 1.89 bits per heavy atom. The van der Waals surface area contributed by atoms with E-state index in [9.17, 15) is 5.11 Å². The van der Waals surface area contributed by atoms with E-state index in [1.165, 1.54) is 0 Å². The van der Waals surface area contributed by atoms with Crippen LogP contribution >= 0.6 is 23.2 Å². The second-order valence-electron chi connectivity index (χ2n) is 4.52. The zero-order chi connectivity index (χ0) is 13.1. The van der Waals surface area contributed by atoms with Crippen LogP contribution in [0.1, 0.15) is 37.4 Å². The molecule has 0 aromatic heterocycles. The molecule has 0 spiro atoms. The van der Waals surface area contributed by atoms with Gasteiger partial charge in [0.05, 0.1) is 11.8 Å². The summed E-state index contributed by atoms with van der Waals surface area (Å²) in [5, 5.41) is 23.6. The van der Waals surface area contributed by atoms with Crippen LogP contribution in [0.25, 0.3) is 0 Å². The van der Waals surface area contributed by atoms with Gasteiger partial charge in [0.25, 0.3) is 0 Å². The van der Waals surface area contributed by atoms with Gasteiger partial charge >= 0.3 is 0 Å². The minimum Gasteiger partial charge on any atom is -0.411 e. The molecule has 2 rings (SSSR count). The lowest BCUT2D eigenvalue weighted by molar-refractivity contribution is 0.127. The summed E-state index contributed by atoms with van der Waals surface area (Å²) >= 11 is 12.2. The van der Waals surface area contributed by atoms with Crippen molar-refractivity contribution >= 4 is 28.9 Å². The Hall–Kier alpha value is -0.770. The molecular formula is C13H15Cl2NO2. The normalized spacial score (nSPS) is 24.2. The zero-order valence-corrected chi connectivity index (χ0v) is 11.3. The van der Waals surface area contributed by atoms with Crippen molar-refractivity contribution in [3.63, 3.8) is 0 Å². The molecule has 0 bridgehead atoms. The van der Waals surface area contributed by atoms with Crippen molar-refractivity contribution < 1.29 is 10.3 Å². The quantitative estimate of drug-likeness (QED) is 0.637. The van der Waals surface area contributed by atoms with Crippen LogP contribution in [0, 0.1) is 5.92 Å². The van der Waals surface area contributed by atoms with Crippen molar-refractivity contribution in [1.82, 2.24) is 0 Å². The molecule has 0 saturated heterocycles. The summed E-state index contributed by atoms with van der Waals surface area (Å²) in [5.74, 6) is -0.207. The Bertz CT molecular complexity index is 442. The van der Waals surface area contributed by atoms with Crippen molar-refractivity contribution in [2.45, 2.75) is 31.8 Å². The molecular weight excluding hydrogens is 273 g/mol. The summed E-state index contributed by atoms with van der Waals surface area (Å²) in [5.41, 5.74) is 1.15. The zero-order valence-electron chi connectivity index (χ0n) is 9.81. The lowest BCUT2D eigenvalue weighted by Crippen LogP contribution is -2.26. The number of hydrogen-bond acceptors (Lipinski definition) is 3. The summed E-state index contributed by atoms with van der Waals surface area (Å²) in [6.07, 6.45) is 2.65. The number of aliphatic hydroxyl groups is 1. The summed E-state index contributed by atoms with van der Waals surface area (Å²) < 4.78 is 0. The predicted octanol–water partition coefficient (Wildman–Crippen LogP) is 4.05. The Labute approximate surface area is 116 Å². The smallest absolute Gasteiger partial charge is 0.0900 e. The molecule has 2 N–H and O–H groups in total. The van der Waals surface area contributed by atoms with Crippen molar-refractivity contribution in [3.8, 4) is 0 Å². The predicted molar refractivity (Wildman–Crippen MR) is 72.6 cm³/mol. The first-order valence-electron chi connectivity index (χ1n) is 5.98. The number of rotatable bonds is 2. The van der Waals surface area contributed by atoms with Gasteiger partial charge in [-0.1, -0.05) is 40.8 Å². The van der Waals surface area contributed by atoms with Gasteiger partial charge in [0.2, 0.25) is 0 Å². The van der Waals surface area contributed by atoms with E-state index in [1.807, 2.05) is 0 Å². The van der Waals surface area contributed by atoms with Gasteiger partial charge in [-0.25, -0.2) is 0 Å². The molecule has 0 aliphatic heterocycles. The largest absolute Gasteiger partial charge is 0.411 e. The Morgan fingerprint density at radius 1 is 1.22 bits per heavy atom. The number of oxime groups is 1. The maximum Gasteiger partial charge on any atom is 0.0900 e. The SMILES string of the molecule is O/N=C1\CCCC[C@H]1[C@H](O)c1c(Cl)cccc1Cl. The fourth-order valence-electron chi connectivity index (χ4n) is 2.48. The third kappa shape index (κ3) is 2.63. The standard InChI is InChI=1S/C13H15Cl2NO2/c14-9-5-3-6-10(15)12(9)13(17)8-4-1-2-7-11(8)16-18/h3,5-6,8,13,17-18H,1-2,4,7H2/b16-11+/t8-,13+/m1/s1. The molecule has 2 atom stereocenters. The monoisotopic (exact) mass is 287 g/mol. The number of aliphatic hydroxyl groups excluding tert-OH is 1. The average molecular weight is 288 g/mol. The molecule has 5 heteroatoms. The maximum atomic E-state index is 10.4. The van der Waals surface area contributed by atoms with Gasteiger partial charge in [0.1, 0.15) is 0 Å². The molecule has 3 nitrogen and oxygen atoms in total. The van der Waals surface area contributed by atoms with Crippen LogP contribution < -0.4 is 0 Å². The highest BCUT2D eigenvalue weighted by Crippen LogP contribution is 2.38. The highest BCUT2D eigenvalue weighted by atomic mass is 35.5. The van der Waals surface area contributed by atoms with Crippen LogP contribution in [-0.2, 0) is 0 Å². The first-order chi connectivity index (χ1) is 8.65. The molecule has 0 heterocycles. The van der Waals surface area contributed by atoms with Gasteiger partial charge in [0.15, 0.2) is 0 Å². The van der Waals surface area contributed by atoms with E-state index >= 15 is 0 Å². The highest BCUT2D eigenvalue weighted by Gasteiger charge is 2.31. The van der Waals surface area contributed by atoms with Gasteiger partial charge in [0, 0.05) is 21.5 Å². The molecule has 18 heavy (non-hydrogen) atoms. The van der Waals surface area contributed by atoms with E-state index in [4.69, 9.17) is 28.4 Å². The number of halogens is 2. The third-order valence-corrected chi connectivity index (χ3v) is 4.09. The van der Waals surface area contributed by atoms with Crippen LogP contribution in [0.2, 0.25) is 10.0 Å². The maximum absolute atomic E-state index is 10.4. The summed E-state index contributed by atoms with van der Waals surface area (Å²) in [6.45, 7) is 0. The van der Waals surface area contributed by atoms with Gasteiger partial charge in [-0.05, 0) is 31.4 Å². The third-order valence-electron chi connectivity index (χ3n) is 3.43. The first kappa shape index (κ1) is 13.7. The molecule has 0 amide bonds. The second kappa shape index (κ2) is 5.91. The van der Waals surface area contributed by atoms with E-state index in [1.54, 1.807) is 18.2 Å². The fourth-order valence-corrected chi connectivity index (χ4v) is 3.10. The molecule has 98 valence electrons. The summed E-state index contributed by atoms with van der Waals surface area (Å²) in [4.78, 5) is 0. The van der Waals surface area contributed by atoms with E-state index < -0.39 is 6.10 Å². The number of nitrogens with zero attached hydrogens (tertiary/aromatic N) is 1. The van der Waals surface area contributed by atoms with Crippen molar-refractivity contribution in [2.75, 3.05) is 0 Å². The summed E-state index contributed by atoms with van der Waals surface area (Å²) in [7, 11) is 0. The molecule has 1 saturated carbocycles. The van der Waals surface area contributed by atoms with Gasteiger partial charge < -0.3 is 10.3 Å². The second-order valence-corrected chi connectivity index (χ2v) is 5.34. The van der Waals surface area contributed by atoms with Crippen LogP contribution in [0.5, 0.6) is 0 Å². The molecule has 1 aliphatic carbocycles. The summed E-state index contributed by atoms with van der Waals surface area (Å²) in [6, 6.07) is 5.14. The molecule has 0 unspecified atom stereocenters. The fraction of sp³-hybridized carbons (Fsp3) is 0.462. The minimum atomic E-state index is -0.822. The van der Waals surface area contributed by atoms with E-state index in [0.29, 0.717) is 27.7 Å². The Morgan fingerprint density at radius 3 is 2.50 bits per heavy atom. The molecule has 0 radical (unpaired) electrons. The molecule has 1 aromatic rings. The van der Waals surface area contributed by atoms with E-state index in [2.05, 4.69) is 5.16 Å². The molecule has 1 aromatic carbocycles. The van der Waals surface area contributed by atoms with E-state index in [-0.39, 0.29) is 5.92 Å². The Kier molecular flexibility index (Phi) is 4.49. The van der Waals surface area contributed by atoms with Crippen molar-refractivity contribution in [1.29, 1.82) is 0 Å². The Balaban J connectivity index is 2.32. The lowest BCUT2D eigenvalue weighted by atomic mass is 9.81.